The van der Waals surface area contributed by atoms with Crippen molar-refractivity contribution in [2.45, 2.75) is 116 Å². The van der Waals surface area contributed by atoms with E-state index in [4.69, 9.17) is 9.78 Å². The molecule has 1 heterocycles. The summed E-state index contributed by atoms with van der Waals surface area (Å²) in [5.41, 5.74) is 0. The first-order valence-electron chi connectivity index (χ1n) is 10.1. The Morgan fingerprint density at radius 1 is 0.739 bits per heavy atom. The second-order valence-electron chi connectivity index (χ2n) is 7.06. The quantitative estimate of drug-likeness (QED) is 0.178. The van der Waals surface area contributed by atoms with Gasteiger partial charge in [-0.1, -0.05) is 90.9 Å². The first kappa shape index (κ1) is 20.6. The summed E-state index contributed by atoms with van der Waals surface area (Å²) >= 11 is 0. The fourth-order valence-electron chi connectivity index (χ4n) is 3.20. The summed E-state index contributed by atoms with van der Waals surface area (Å²) in [6, 6.07) is 0. The Balaban J connectivity index is 2.00. The Bertz CT molecular complexity index is 287. The van der Waals surface area contributed by atoms with Crippen molar-refractivity contribution in [3.63, 3.8) is 0 Å². The van der Waals surface area contributed by atoms with Gasteiger partial charge in [-0.05, 0) is 12.8 Å². The smallest absolute Gasteiger partial charge is 0.234 e. The SMILES string of the molecule is CCCCCCCCCCCC(=O)C(CCCCCC)C1OO1. The molecule has 0 N–H and O–H groups in total. The van der Waals surface area contributed by atoms with Gasteiger partial charge in [-0.15, -0.1) is 0 Å². The third-order valence-electron chi connectivity index (χ3n) is 4.84. The van der Waals surface area contributed by atoms with Gasteiger partial charge in [-0.3, -0.25) is 4.79 Å². The van der Waals surface area contributed by atoms with E-state index in [1.807, 2.05) is 0 Å². The minimum atomic E-state index is -0.234. The summed E-state index contributed by atoms with van der Waals surface area (Å²) in [6.45, 7) is 4.46. The number of rotatable bonds is 17. The Morgan fingerprint density at radius 2 is 1.22 bits per heavy atom. The lowest BCUT2D eigenvalue weighted by Crippen LogP contribution is -2.20. The maximum absolute atomic E-state index is 12.3. The first-order valence-corrected chi connectivity index (χ1v) is 10.1. The van der Waals surface area contributed by atoms with E-state index in [0.29, 0.717) is 12.2 Å². The maximum atomic E-state index is 12.3. The molecular formula is C20H38O3. The van der Waals surface area contributed by atoms with E-state index in [-0.39, 0.29) is 12.2 Å². The molecule has 1 aliphatic heterocycles. The van der Waals surface area contributed by atoms with Crippen LogP contribution in [0.2, 0.25) is 0 Å². The van der Waals surface area contributed by atoms with Crippen LogP contribution >= 0.6 is 0 Å². The van der Waals surface area contributed by atoms with Crippen LogP contribution in [-0.2, 0) is 14.6 Å². The first-order chi connectivity index (χ1) is 11.3. The van der Waals surface area contributed by atoms with Crippen molar-refractivity contribution in [2.75, 3.05) is 0 Å². The predicted octanol–water partition coefficient (Wildman–Crippen LogP) is 6.35. The van der Waals surface area contributed by atoms with Crippen LogP contribution in [0.15, 0.2) is 0 Å². The summed E-state index contributed by atoms with van der Waals surface area (Å²) in [4.78, 5) is 22.2. The molecule has 0 saturated carbocycles. The Hall–Kier alpha value is -0.410. The molecule has 1 rings (SSSR count). The minimum absolute atomic E-state index is 0.0131. The van der Waals surface area contributed by atoms with Crippen LogP contribution in [0.3, 0.4) is 0 Å². The zero-order valence-corrected chi connectivity index (χ0v) is 15.5. The minimum Gasteiger partial charge on any atom is -0.299 e. The zero-order chi connectivity index (χ0) is 16.8. The fourth-order valence-corrected chi connectivity index (χ4v) is 3.20. The van der Waals surface area contributed by atoms with Crippen LogP contribution in [0.5, 0.6) is 0 Å². The van der Waals surface area contributed by atoms with Gasteiger partial charge in [0.1, 0.15) is 5.78 Å². The summed E-state index contributed by atoms with van der Waals surface area (Å²) in [5, 5.41) is 0. The van der Waals surface area contributed by atoms with E-state index in [1.165, 1.54) is 70.6 Å². The van der Waals surface area contributed by atoms with Crippen LogP contribution in [0.4, 0.5) is 0 Å². The van der Waals surface area contributed by atoms with Gasteiger partial charge in [0.2, 0.25) is 6.29 Å². The van der Waals surface area contributed by atoms with Gasteiger partial charge < -0.3 is 0 Å². The molecule has 3 heteroatoms. The van der Waals surface area contributed by atoms with Crippen LogP contribution in [-0.4, -0.2) is 12.1 Å². The van der Waals surface area contributed by atoms with E-state index in [9.17, 15) is 4.79 Å². The van der Waals surface area contributed by atoms with Crippen molar-refractivity contribution in [1.29, 1.82) is 0 Å². The van der Waals surface area contributed by atoms with Crippen molar-refractivity contribution < 1.29 is 14.6 Å². The van der Waals surface area contributed by atoms with Crippen LogP contribution in [0.25, 0.3) is 0 Å². The number of unbranched alkanes of at least 4 members (excludes halogenated alkanes) is 11. The normalized spacial score (nSPS) is 15.7. The van der Waals surface area contributed by atoms with Crippen LogP contribution in [0.1, 0.15) is 110 Å². The molecule has 0 aromatic heterocycles. The maximum Gasteiger partial charge on any atom is 0.234 e. The van der Waals surface area contributed by atoms with Crippen molar-refractivity contribution in [2.24, 2.45) is 5.92 Å². The van der Waals surface area contributed by atoms with Gasteiger partial charge in [-0.25, -0.2) is 0 Å². The average Bonchev–Trinajstić information content (AvgIpc) is 3.38. The van der Waals surface area contributed by atoms with E-state index in [1.54, 1.807) is 0 Å². The number of carbonyl (C=O) groups excluding carboxylic acids is 1. The molecular weight excluding hydrogens is 288 g/mol. The molecule has 0 aromatic carbocycles. The van der Waals surface area contributed by atoms with E-state index < -0.39 is 0 Å². The van der Waals surface area contributed by atoms with E-state index >= 15 is 0 Å². The Morgan fingerprint density at radius 3 is 1.74 bits per heavy atom. The molecule has 3 nitrogen and oxygen atoms in total. The molecule has 0 radical (unpaired) electrons. The molecule has 1 unspecified atom stereocenters. The molecule has 1 fully saturated rings. The highest BCUT2D eigenvalue weighted by Gasteiger charge is 2.39. The van der Waals surface area contributed by atoms with Gasteiger partial charge in [0.15, 0.2) is 0 Å². The highest BCUT2D eigenvalue weighted by molar-refractivity contribution is 5.81. The van der Waals surface area contributed by atoms with Gasteiger partial charge in [0.25, 0.3) is 0 Å². The standard InChI is InChI=1S/C20H38O3/c1-3-5-7-9-10-11-12-13-15-17-19(21)18(20-22-23-20)16-14-8-6-4-2/h18,20H,3-17H2,1-2H3. The molecule has 0 amide bonds. The van der Waals surface area contributed by atoms with Crippen molar-refractivity contribution in [3.8, 4) is 0 Å². The van der Waals surface area contributed by atoms with Crippen LogP contribution < -0.4 is 0 Å². The zero-order valence-electron chi connectivity index (χ0n) is 15.5. The molecule has 0 spiro atoms. The molecule has 1 aliphatic rings. The van der Waals surface area contributed by atoms with Gasteiger partial charge in [-0.2, -0.15) is 9.78 Å². The third-order valence-corrected chi connectivity index (χ3v) is 4.84. The average molecular weight is 327 g/mol. The molecule has 23 heavy (non-hydrogen) atoms. The Kier molecular flexibility index (Phi) is 12.5. The van der Waals surface area contributed by atoms with Gasteiger partial charge in [0.05, 0.1) is 5.92 Å². The number of ketones is 1. The fraction of sp³-hybridized carbons (Fsp3) is 0.950. The molecule has 0 bridgehead atoms. The number of Topliss-reactive ketones (excluding diaryl/α,β-unsaturated/α-hetero) is 1. The van der Waals surface area contributed by atoms with Gasteiger partial charge >= 0.3 is 0 Å². The number of carbonyl (C=O) groups is 1. The van der Waals surface area contributed by atoms with Crippen molar-refractivity contribution in [1.82, 2.24) is 0 Å². The Labute approximate surface area is 143 Å². The third kappa shape index (κ3) is 10.9. The molecule has 1 atom stereocenters. The predicted molar refractivity (Wildman–Crippen MR) is 95.1 cm³/mol. The summed E-state index contributed by atoms with van der Waals surface area (Å²) in [6.07, 6.45) is 17.9. The van der Waals surface area contributed by atoms with Crippen molar-refractivity contribution >= 4 is 5.78 Å². The van der Waals surface area contributed by atoms with E-state index in [0.717, 1.165) is 19.3 Å². The highest BCUT2D eigenvalue weighted by atomic mass is 17.4. The monoisotopic (exact) mass is 326 g/mol. The lowest BCUT2D eigenvalue weighted by Gasteiger charge is -2.11. The largest absolute Gasteiger partial charge is 0.299 e. The molecule has 136 valence electrons. The van der Waals surface area contributed by atoms with Gasteiger partial charge in [0, 0.05) is 6.42 Å². The second-order valence-corrected chi connectivity index (χ2v) is 7.06. The lowest BCUT2D eigenvalue weighted by atomic mass is 9.93. The summed E-state index contributed by atoms with van der Waals surface area (Å²) in [7, 11) is 0. The van der Waals surface area contributed by atoms with E-state index in [2.05, 4.69) is 13.8 Å². The second kappa shape index (κ2) is 14.0. The number of hydrogen-bond donors (Lipinski definition) is 0. The molecule has 0 aromatic rings. The van der Waals surface area contributed by atoms with Crippen LogP contribution in [0, 0.1) is 5.92 Å². The summed E-state index contributed by atoms with van der Waals surface area (Å²) < 4.78 is 0. The van der Waals surface area contributed by atoms with Crippen molar-refractivity contribution in [3.05, 3.63) is 0 Å². The highest BCUT2D eigenvalue weighted by Crippen LogP contribution is 2.29. The number of hydrogen-bond acceptors (Lipinski definition) is 3. The molecule has 1 saturated heterocycles. The lowest BCUT2D eigenvalue weighted by molar-refractivity contribution is -0.124. The molecule has 0 aliphatic carbocycles. The topological polar surface area (TPSA) is 42.1 Å². The summed E-state index contributed by atoms with van der Waals surface area (Å²) in [5.74, 6) is 0.341.